The Morgan fingerprint density at radius 3 is 2.57 bits per heavy atom. The third kappa shape index (κ3) is 6.62. The van der Waals surface area contributed by atoms with E-state index < -0.39 is 0 Å². The number of benzene rings is 2. The van der Waals surface area contributed by atoms with Crippen molar-refractivity contribution in [2.45, 2.75) is 26.5 Å². The quantitative estimate of drug-likeness (QED) is 0.513. The number of aliphatic imine (C=N–C) groups is 1. The van der Waals surface area contributed by atoms with Crippen molar-refractivity contribution >= 4 is 11.6 Å². The van der Waals surface area contributed by atoms with Crippen molar-refractivity contribution < 1.29 is 13.9 Å². The number of anilines is 1. The molecular formula is C23H31FN4O2. The van der Waals surface area contributed by atoms with Gasteiger partial charge >= 0.3 is 0 Å². The number of nitrogens with one attached hydrogen (secondary N) is 2. The first-order valence-corrected chi connectivity index (χ1v) is 10.5. The van der Waals surface area contributed by atoms with Crippen LogP contribution < -0.4 is 20.3 Å². The van der Waals surface area contributed by atoms with Gasteiger partial charge in [-0.3, -0.25) is 0 Å². The van der Waals surface area contributed by atoms with Gasteiger partial charge in [0, 0.05) is 25.3 Å². The molecule has 0 radical (unpaired) electrons. The van der Waals surface area contributed by atoms with Crippen LogP contribution in [0.4, 0.5) is 10.1 Å². The van der Waals surface area contributed by atoms with Gasteiger partial charge in [-0.25, -0.2) is 9.38 Å². The van der Waals surface area contributed by atoms with Crippen LogP contribution in [0.5, 0.6) is 5.75 Å². The molecule has 2 aromatic rings. The molecule has 0 aromatic heterocycles. The molecule has 1 aliphatic rings. The Morgan fingerprint density at radius 2 is 1.87 bits per heavy atom. The fraction of sp³-hybridized carbons (Fsp3) is 0.435. The summed E-state index contributed by atoms with van der Waals surface area (Å²) in [6, 6.07) is 14.9. The summed E-state index contributed by atoms with van der Waals surface area (Å²) in [7, 11) is 0. The maximum absolute atomic E-state index is 13.7. The first-order chi connectivity index (χ1) is 14.7. The first-order valence-electron chi connectivity index (χ1n) is 10.5. The summed E-state index contributed by atoms with van der Waals surface area (Å²) < 4.78 is 24.8. The molecule has 1 fully saturated rings. The molecule has 0 saturated carbocycles. The zero-order valence-electron chi connectivity index (χ0n) is 17.7. The van der Waals surface area contributed by atoms with Gasteiger partial charge in [0.2, 0.25) is 0 Å². The summed E-state index contributed by atoms with van der Waals surface area (Å²) in [6.07, 6.45) is -0.210. The Bertz CT molecular complexity index is 807. The van der Waals surface area contributed by atoms with E-state index in [9.17, 15) is 4.39 Å². The molecule has 3 rings (SSSR count). The molecule has 1 heterocycles. The summed E-state index contributed by atoms with van der Waals surface area (Å²) >= 11 is 0. The Morgan fingerprint density at radius 1 is 1.13 bits per heavy atom. The van der Waals surface area contributed by atoms with Gasteiger partial charge in [0.25, 0.3) is 0 Å². The number of ether oxygens (including phenoxy) is 2. The van der Waals surface area contributed by atoms with Crippen LogP contribution in [0.15, 0.2) is 53.5 Å². The van der Waals surface area contributed by atoms with Gasteiger partial charge in [-0.1, -0.05) is 24.3 Å². The van der Waals surface area contributed by atoms with Crippen molar-refractivity contribution in [3.05, 3.63) is 59.9 Å². The molecule has 2 aromatic carbocycles. The van der Waals surface area contributed by atoms with E-state index >= 15 is 0 Å². The van der Waals surface area contributed by atoms with E-state index in [1.54, 1.807) is 18.2 Å². The normalized spacial score (nSPS) is 15.6. The molecule has 1 unspecified atom stereocenters. The van der Waals surface area contributed by atoms with Crippen LogP contribution in [-0.4, -0.2) is 51.5 Å². The molecule has 0 spiro atoms. The molecule has 2 N–H and O–H groups in total. The SMILES string of the molecule is CCNC(=NCc1ccc(N2CCOCC2)cc1)NCC(C)Oc1ccccc1F. The van der Waals surface area contributed by atoms with Gasteiger partial charge in [-0.2, -0.15) is 0 Å². The minimum atomic E-state index is -0.356. The smallest absolute Gasteiger partial charge is 0.191 e. The summed E-state index contributed by atoms with van der Waals surface area (Å²) in [6.45, 7) is 9.17. The average Bonchev–Trinajstić information content (AvgIpc) is 2.78. The zero-order valence-corrected chi connectivity index (χ0v) is 17.7. The standard InChI is InChI=1S/C23H31FN4O2/c1-3-25-23(26-16-18(2)30-22-7-5-4-6-21(22)24)27-17-19-8-10-20(11-9-19)28-12-14-29-15-13-28/h4-11,18H,3,12-17H2,1-2H3,(H2,25,26,27). The van der Waals surface area contributed by atoms with Gasteiger partial charge in [-0.05, 0) is 43.7 Å². The second-order valence-electron chi connectivity index (χ2n) is 7.20. The summed E-state index contributed by atoms with van der Waals surface area (Å²) in [5, 5.41) is 6.50. The second kappa shape index (κ2) is 11.4. The molecule has 162 valence electrons. The van der Waals surface area contributed by atoms with Gasteiger partial charge in [0.1, 0.15) is 6.10 Å². The monoisotopic (exact) mass is 414 g/mol. The molecule has 6 nitrogen and oxygen atoms in total. The number of halogens is 1. The van der Waals surface area contributed by atoms with Crippen LogP contribution in [0, 0.1) is 5.82 Å². The van der Waals surface area contributed by atoms with E-state index in [0.29, 0.717) is 19.0 Å². The lowest BCUT2D eigenvalue weighted by Crippen LogP contribution is -2.41. The Balaban J connectivity index is 1.51. The van der Waals surface area contributed by atoms with Crippen molar-refractivity contribution in [1.82, 2.24) is 10.6 Å². The van der Waals surface area contributed by atoms with Gasteiger partial charge in [0.15, 0.2) is 17.5 Å². The summed E-state index contributed by atoms with van der Waals surface area (Å²) in [5.74, 6) is 0.610. The minimum Gasteiger partial charge on any atom is -0.486 e. The fourth-order valence-corrected chi connectivity index (χ4v) is 3.18. The van der Waals surface area contributed by atoms with Crippen LogP contribution >= 0.6 is 0 Å². The zero-order chi connectivity index (χ0) is 21.2. The van der Waals surface area contributed by atoms with E-state index in [-0.39, 0.29) is 17.7 Å². The molecule has 1 atom stereocenters. The highest BCUT2D eigenvalue weighted by molar-refractivity contribution is 5.79. The van der Waals surface area contributed by atoms with E-state index in [0.717, 1.165) is 38.4 Å². The van der Waals surface area contributed by atoms with E-state index in [1.165, 1.54) is 11.8 Å². The lowest BCUT2D eigenvalue weighted by molar-refractivity contribution is 0.122. The topological polar surface area (TPSA) is 58.1 Å². The lowest BCUT2D eigenvalue weighted by atomic mass is 10.2. The Kier molecular flexibility index (Phi) is 8.32. The Hall–Kier alpha value is -2.80. The van der Waals surface area contributed by atoms with E-state index in [4.69, 9.17) is 9.47 Å². The van der Waals surface area contributed by atoms with Crippen molar-refractivity contribution in [2.75, 3.05) is 44.3 Å². The van der Waals surface area contributed by atoms with Crippen molar-refractivity contribution in [3.63, 3.8) is 0 Å². The predicted molar refractivity (Wildman–Crippen MR) is 119 cm³/mol. The molecule has 0 bridgehead atoms. The van der Waals surface area contributed by atoms with Crippen LogP contribution in [0.3, 0.4) is 0 Å². The largest absolute Gasteiger partial charge is 0.486 e. The molecule has 1 saturated heterocycles. The summed E-state index contributed by atoms with van der Waals surface area (Å²) in [4.78, 5) is 6.99. The van der Waals surface area contributed by atoms with Gasteiger partial charge < -0.3 is 25.0 Å². The molecule has 30 heavy (non-hydrogen) atoms. The average molecular weight is 415 g/mol. The second-order valence-corrected chi connectivity index (χ2v) is 7.20. The number of guanidine groups is 1. The minimum absolute atomic E-state index is 0.210. The molecule has 0 amide bonds. The van der Waals surface area contributed by atoms with Gasteiger partial charge in [-0.15, -0.1) is 0 Å². The van der Waals surface area contributed by atoms with Crippen LogP contribution in [0.2, 0.25) is 0 Å². The van der Waals surface area contributed by atoms with Crippen molar-refractivity contribution in [2.24, 2.45) is 4.99 Å². The number of nitrogens with zero attached hydrogens (tertiary/aromatic N) is 2. The highest BCUT2D eigenvalue weighted by atomic mass is 19.1. The van der Waals surface area contributed by atoms with E-state index in [2.05, 4.69) is 44.8 Å². The number of hydrogen-bond donors (Lipinski definition) is 2. The van der Waals surface area contributed by atoms with Crippen molar-refractivity contribution in [3.8, 4) is 5.75 Å². The lowest BCUT2D eigenvalue weighted by Gasteiger charge is -2.28. The highest BCUT2D eigenvalue weighted by Crippen LogP contribution is 2.18. The molecule has 0 aliphatic carbocycles. The number of para-hydroxylation sites is 1. The third-order valence-corrected chi connectivity index (χ3v) is 4.80. The maximum atomic E-state index is 13.7. The van der Waals surface area contributed by atoms with Crippen LogP contribution in [0.1, 0.15) is 19.4 Å². The predicted octanol–water partition coefficient (Wildman–Crippen LogP) is 3.18. The van der Waals surface area contributed by atoms with Crippen LogP contribution in [-0.2, 0) is 11.3 Å². The highest BCUT2D eigenvalue weighted by Gasteiger charge is 2.11. The third-order valence-electron chi connectivity index (χ3n) is 4.80. The fourth-order valence-electron chi connectivity index (χ4n) is 3.18. The van der Waals surface area contributed by atoms with E-state index in [1.807, 2.05) is 13.8 Å². The first kappa shape index (κ1) is 21.9. The molecule has 1 aliphatic heterocycles. The molecular weight excluding hydrogens is 383 g/mol. The maximum Gasteiger partial charge on any atom is 0.191 e. The van der Waals surface area contributed by atoms with Crippen LogP contribution in [0.25, 0.3) is 0 Å². The Labute approximate surface area is 178 Å². The van der Waals surface area contributed by atoms with Gasteiger partial charge in [0.05, 0.1) is 26.3 Å². The molecule has 7 heteroatoms. The van der Waals surface area contributed by atoms with Crippen molar-refractivity contribution in [1.29, 1.82) is 0 Å². The number of hydrogen-bond acceptors (Lipinski definition) is 4. The number of rotatable bonds is 8. The summed E-state index contributed by atoms with van der Waals surface area (Å²) in [5.41, 5.74) is 2.36. The number of morpholine rings is 1.